The second kappa shape index (κ2) is 5.06. The SMILES string of the molecule is COc1ccc(-c2sc(N)nc2C(=O)O)c2ccccc12. The Labute approximate surface area is 124 Å². The summed E-state index contributed by atoms with van der Waals surface area (Å²) in [6.07, 6.45) is 0. The van der Waals surface area contributed by atoms with Gasteiger partial charge < -0.3 is 15.6 Å². The molecule has 1 aromatic heterocycles. The molecular formula is C15H12N2O3S. The second-order valence-corrected chi connectivity index (χ2v) is 5.43. The Morgan fingerprint density at radius 3 is 2.62 bits per heavy atom. The molecule has 0 unspecified atom stereocenters. The first-order valence-electron chi connectivity index (χ1n) is 6.17. The smallest absolute Gasteiger partial charge is 0.356 e. The normalized spacial score (nSPS) is 10.7. The topological polar surface area (TPSA) is 85.4 Å². The van der Waals surface area contributed by atoms with E-state index in [4.69, 9.17) is 10.5 Å². The number of benzene rings is 2. The van der Waals surface area contributed by atoms with E-state index in [-0.39, 0.29) is 10.8 Å². The van der Waals surface area contributed by atoms with E-state index in [1.807, 2.05) is 36.4 Å². The molecule has 0 bridgehead atoms. The molecule has 6 heteroatoms. The van der Waals surface area contributed by atoms with Crippen molar-refractivity contribution >= 4 is 33.2 Å². The fourth-order valence-corrected chi connectivity index (χ4v) is 3.18. The van der Waals surface area contributed by atoms with Crippen LogP contribution in [-0.2, 0) is 0 Å². The van der Waals surface area contributed by atoms with Crippen molar-refractivity contribution in [1.29, 1.82) is 0 Å². The molecule has 1 heterocycles. The molecule has 0 amide bonds. The monoisotopic (exact) mass is 300 g/mol. The summed E-state index contributed by atoms with van der Waals surface area (Å²) < 4.78 is 5.35. The van der Waals surface area contributed by atoms with Gasteiger partial charge in [-0.3, -0.25) is 0 Å². The number of ether oxygens (including phenoxy) is 1. The summed E-state index contributed by atoms with van der Waals surface area (Å²) in [6, 6.07) is 11.3. The molecule has 21 heavy (non-hydrogen) atoms. The molecule has 3 rings (SSSR count). The van der Waals surface area contributed by atoms with Gasteiger partial charge in [-0.05, 0) is 17.5 Å². The van der Waals surface area contributed by atoms with Crippen LogP contribution in [0.15, 0.2) is 36.4 Å². The van der Waals surface area contributed by atoms with E-state index in [2.05, 4.69) is 4.98 Å². The maximum Gasteiger partial charge on any atom is 0.356 e. The third-order valence-corrected chi connectivity index (χ3v) is 4.11. The number of aromatic carboxylic acids is 1. The highest BCUT2D eigenvalue weighted by Crippen LogP contribution is 2.39. The zero-order chi connectivity index (χ0) is 15.0. The van der Waals surface area contributed by atoms with Crippen LogP contribution in [0.3, 0.4) is 0 Å². The number of aromatic nitrogens is 1. The number of fused-ring (bicyclic) bond motifs is 1. The lowest BCUT2D eigenvalue weighted by Gasteiger charge is -2.09. The summed E-state index contributed by atoms with van der Waals surface area (Å²) in [5.41, 5.74) is 6.44. The second-order valence-electron chi connectivity index (χ2n) is 4.40. The van der Waals surface area contributed by atoms with E-state index < -0.39 is 5.97 Å². The van der Waals surface area contributed by atoms with Gasteiger partial charge in [-0.25, -0.2) is 9.78 Å². The van der Waals surface area contributed by atoms with Gasteiger partial charge in [0, 0.05) is 10.9 Å². The largest absolute Gasteiger partial charge is 0.496 e. The van der Waals surface area contributed by atoms with Crippen LogP contribution < -0.4 is 10.5 Å². The van der Waals surface area contributed by atoms with E-state index in [0.717, 1.165) is 22.1 Å². The van der Waals surface area contributed by atoms with E-state index in [0.29, 0.717) is 4.88 Å². The first kappa shape index (κ1) is 13.4. The molecule has 0 spiro atoms. The number of nitrogens with zero attached hydrogens (tertiary/aromatic N) is 1. The van der Waals surface area contributed by atoms with Gasteiger partial charge in [0.15, 0.2) is 10.8 Å². The van der Waals surface area contributed by atoms with Gasteiger partial charge in [0.1, 0.15) is 5.75 Å². The molecule has 0 saturated heterocycles. The number of carboxylic acids is 1. The zero-order valence-corrected chi connectivity index (χ0v) is 12.0. The molecule has 5 nitrogen and oxygen atoms in total. The molecule has 0 atom stereocenters. The van der Waals surface area contributed by atoms with Gasteiger partial charge in [0.2, 0.25) is 0 Å². The van der Waals surface area contributed by atoms with E-state index in [9.17, 15) is 9.90 Å². The average molecular weight is 300 g/mol. The fraction of sp³-hybridized carbons (Fsp3) is 0.0667. The minimum atomic E-state index is -1.09. The molecule has 0 saturated carbocycles. The summed E-state index contributed by atoms with van der Waals surface area (Å²) in [5.74, 6) is -0.346. The van der Waals surface area contributed by atoms with Crippen molar-refractivity contribution in [2.24, 2.45) is 0 Å². The van der Waals surface area contributed by atoms with E-state index in [1.165, 1.54) is 11.3 Å². The van der Waals surface area contributed by atoms with Gasteiger partial charge in [0.05, 0.1) is 12.0 Å². The number of hydrogen-bond acceptors (Lipinski definition) is 5. The first-order valence-corrected chi connectivity index (χ1v) is 6.99. The number of carbonyl (C=O) groups is 1. The van der Waals surface area contributed by atoms with Crippen molar-refractivity contribution in [3.63, 3.8) is 0 Å². The number of nitrogen functional groups attached to an aromatic ring is 1. The average Bonchev–Trinajstić information content (AvgIpc) is 2.88. The molecule has 2 aromatic carbocycles. The summed E-state index contributed by atoms with van der Waals surface area (Å²) in [7, 11) is 1.61. The Kier molecular flexibility index (Phi) is 3.23. The van der Waals surface area contributed by atoms with Gasteiger partial charge in [0.25, 0.3) is 0 Å². The van der Waals surface area contributed by atoms with Crippen LogP contribution in [-0.4, -0.2) is 23.2 Å². The van der Waals surface area contributed by atoms with Crippen molar-refractivity contribution in [2.75, 3.05) is 12.8 Å². The van der Waals surface area contributed by atoms with Crippen LogP contribution in [0.5, 0.6) is 5.75 Å². The fourth-order valence-electron chi connectivity index (χ4n) is 2.31. The molecule has 3 aromatic rings. The van der Waals surface area contributed by atoms with Crippen LogP contribution in [0.4, 0.5) is 5.13 Å². The highest BCUT2D eigenvalue weighted by Gasteiger charge is 2.20. The number of anilines is 1. The standard InChI is InChI=1S/C15H12N2O3S/c1-20-11-7-6-10(8-4-2-3-5-9(8)11)13-12(14(18)19)17-15(16)21-13/h2-7H,1H3,(H2,16,17)(H,18,19). The van der Waals surface area contributed by atoms with E-state index >= 15 is 0 Å². The molecule has 106 valence electrons. The molecule has 0 aliphatic rings. The lowest BCUT2D eigenvalue weighted by Crippen LogP contribution is -1.99. The molecular weight excluding hydrogens is 288 g/mol. The molecule has 3 N–H and O–H groups in total. The predicted octanol–water partition coefficient (Wildman–Crippen LogP) is 3.25. The van der Waals surface area contributed by atoms with Crippen LogP contribution in [0, 0.1) is 0 Å². The number of hydrogen-bond donors (Lipinski definition) is 2. The predicted molar refractivity (Wildman–Crippen MR) is 83.0 cm³/mol. The van der Waals surface area contributed by atoms with Crippen LogP contribution in [0.25, 0.3) is 21.2 Å². The highest BCUT2D eigenvalue weighted by atomic mass is 32.1. The third kappa shape index (κ3) is 2.19. The minimum Gasteiger partial charge on any atom is -0.496 e. The Balaban J connectivity index is 2.34. The van der Waals surface area contributed by atoms with Crippen LogP contribution in [0.1, 0.15) is 10.5 Å². The Hall–Kier alpha value is -2.60. The Morgan fingerprint density at radius 1 is 1.24 bits per heavy atom. The summed E-state index contributed by atoms with van der Waals surface area (Å²) >= 11 is 1.17. The van der Waals surface area contributed by atoms with Crippen LogP contribution in [0.2, 0.25) is 0 Å². The van der Waals surface area contributed by atoms with Gasteiger partial charge in [-0.15, -0.1) is 0 Å². The third-order valence-electron chi connectivity index (χ3n) is 3.19. The van der Waals surface area contributed by atoms with Gasteiger partial charge in [-0.1, -0.05) is 35.6 Å². The minimum absolute atomic E-state index is 0.0205. The lowest BCUT2D eigenvalue weighted by molar-refractivity contribution is 0.0692. The Morgan fingerprint density at radius 2 is 1.95 bits per heavy atom. The number of methoxy groups -OCH3 is 1. The molecule has 0 fully saturated rings. The van der Waals surface area contributed by atoms with Crippen LogP contribution >= 0.6 is 11.3 Å². The summed E-state index contributed by atoms with van der Waals surface area (Å²) in [6.45, 7) is 0. The molecule has 0 aliphatic carbocycles. The Bertz CT molecular complexity index is 842. The highest BCUT2D eigenvalue weighted by molar-refractivity contribution is 7.19. The number of rotatable bonds is 3. The summed E-state index contributed by atoms with van der Waals surface area (Å²) in [4.78, 5) is 15.8. The van der Waals surface area contributed by atoms with Crippen molar-refractivity contribution in [3.05, 3.63) is 42.1 Å². The van der Waals surface area contributed by atoms with Crippen molar-refractivity contribution in [3.8, 4) is 16.2 Å². The van der Waals surface area contributed by atoms with Crippen molar-refractivity contribution in [1.82, 2.24) is 4.98 Å². The van der Waals surface area contributed by atoms with Crippen molar-refractivity contribution < 1.29 is 14.6 Å². The zero-order valence-electron chi connectivity index (χ0n) is 11.2. The molecule has 0 radical (unpaired) electrons. The maximum absolute atomic E-state index is 11.3. The maximum atomic E-state index is 11.3. The quantitative estimate of drug-likeness (QED) is 0.775. The summed E-state index contributed by atoms with van der Waals surface area (Å²) in [5, 5.41) is 11.3. The molecule has 0 aliphatic heterocycles. The van der Waals surface area contributed by atoms with Gasteiger partial charge in [-0.2, -0.15) is 0 Å². The van der Waals surface area contributed by atoms with Crippen molar-refractivity contribution in [2.45, 2.75) is 0 Å². The van der Waals surface area contributed by atoms with Gasteiger partial charge >= 0.3 is 5.97 Å². The number of carboxylic acid groups (broad SMARTS) is 1. The lowest BCUT2D eigenvalue weighted by atomic mass is 10.0. The number of nitrogens with two attached hydrogens (primary N) is 1. The first-order chi connectivity index (χ1) is 10.1. The number of thiazole rings is 1. The van der Waals surface area contributed by atoms with E-state index in [1.54, 1.807) is 7.11 Å².